The standard InChI is InChI=1S/C18H26ClN3O/c19-17-4-2-15(3-5-17)14-21-10-1-11-22(13-12-21)18(23)16-6-8-20-9-7-16/h2-5,16,20H,1,6-14H2. The van der Waals surface area contributed by atoms with Crippen molar-refractivity contribution in [3.05, 3.63) is 34.9 Å². The molecule has 1 aromatic rings. The monoisotopic (exact) mass is 335 g/mol. The van der Waals surface area contributed by atoms with Crippen molar-refractivity contribution in [3.8, 4) is 0 Å². The van der Waals surface area contributed by atoms with Gasteiger partial charge in [-0.2, -0.15) is 0 Å². The number of carbonyl (C=O) groups excluding carboxylic acids is 1. The third-order valence-corrected chi connectivity index (χ3v) is 5.16. The second-order valence-corrected chi connectivity index (χ2v) is 7.04. The zero-order chi connectivity index (χ0) is 16.1. The van der Waals surface area contributed by atoms with E-state index in [4.69, 9.17) is 11.6 Å². The highest BCUT2D eigenvalue weighted by Gasteiger charge is 2.27. The highest BCUT2D eigenvalue weighted by Crippen LogP contribution is 2.18. The molecule has 0 radical (unpaired) electrons. The van der Waals surface area contributed by atoms with E-state index < -0.39 is 0 Å². The van der Waals surface area contributed by atoms with Crippen LogP contribution < -0.4 is 5.32 Å². The lowest BCUT2D eigenvalue weighted by Crippen LogP contribution is -2.42. The number of benzene rings is 1. The molecule has 1 amide bonds. The van der Waals surface area contributed by atoms with Gasteiger partial charge >= 0.3 is 0 Å². The van der Waals surface area contributed by atoms with Crippen molar-refractivity contribution < 1.29 is 4.79 Å². The van der Waals surface area contributed by atoms with Gasteiger partial charge in [0.2, 0.25) is 5.91 Å². The van der Waals surface area contributed by atoms with Gasteiger partial charge in [0.15, 0.2) is 0 Å². The van der Waals surface area contributed by atoms with Gasteiger partial charge in [-0.25, -0.2) is 0 Å². The lowest BCUT2D eigenvalue weighted by Gasteiger charge is -2.29. The summed E-state index contributed by atoms with van der Waals surface area (Å²) in [4.78, 5) is 17.2. The number of amides is 1. The summed E-state index contributed by atoms with van der Waals surface area (Å²) in [5.41, 5.74) is 1.28. The number of nitrogens with zero attached hydrogens (tertiary/aromatic N) is 2. The molecule has 0 spiro atoms. The molecule has 2 saturated heterocycles. The SMILES string of the molecule is O=C(C1CCNCC1)N1CCCN(Cc2ccc(Cl)cc2)CC1. The minimum atomic E-state index is 0.235. The Kier molecular flexibility index (Phi) is 5.92. The van der Waals surface area contributed by atoms with Crippen LogP contribution in [-0.4, -0.2) is 55.0 Å². The maximum Gasteiger partial charge on any atom is 0.225 e. The Hall–Kier alpha value is -1.10. The van der Waals surface area contributed by atoms with E-state index in [1.54, 1.807) is 0 Å². The molecule has 2 aliphatic rings. The largest absolute Gasteiger partial charge is 0.341 e. The Morgan fingerprint density at radius 1 is 1.09 bits per heavy atom. The van der Waals surface area contributed by atoms with E-state index in [1.165, 1.54) is 5.56 Å². The minimum absolute atomic E-state index is 0.235. The molecular weight excluding hydrogens is 310 g/mol. The first-order chi connectivity index (χ1) is 11.2. The molecule has 1 aromatic carbocycles. The lowest BCUT2D eigenvalue weighted by atomic mass is 9.96. The first-order valence-corrected chi connectivity index (χ1v) is 9.06. The fourth-order valence-electron chi connectivity index (χ4n) is 3.52. The fraction of sp³-hybridized carbons (Fsp3) is 0.611. The molecule has 126 valence electrons. The summed E-state index contributed by atoms with van der Waals surface area (Å²) < 4.78 is 0. The molecule has 3 rings (SSSR count). The van der Waals surface area contributed by atoms with Crippen molar-refractivity contribution in [2.45, 2.75) is 25.8 Å². The molecule has 4 nitrogen and oxygen atoms in total. The number of piperidine rings is 1. The summed E-state index contributed by atoms with van der Waals surface area (Å²) >= 11 is 5.95. The Morgan fingerprint density at radius 3 is 2.57 bits per heavy atom. The smallest absolute Gasteiger partial charge is 0.225 e. The molecule has 2 fully saturated rings. The van der Waals surface area contributed by atoms with Crippen LogP contribution in [0.15, 0.2) is 24.3 Å². The predicted octanol–water partition coefficient (Wildman–Crippen LogP) is 2.37. The highest BCUT2D eigenvalue weighted by atomic mass is 35.5. The molecule has 0 unspecified atom stereocenters. The molecule has 0 saturated carbocycles. The second-order valence-electron chi connectivity index (χ2n) is 6.61. The van der Waals surface area contributed by atoms with Crippen LogP contribution in [0.1, 0.15) is 24.8 Å². The highest BCUT2D eigenvalue weighted by molar-refractivity contribution is 6.30. The molecule has 1 N–H and O–H groups in total. The third kappa shape index (κ3) is 4.69. The van der Waals surface area contributed by atoms with E-state index in [1.807, 2.05) is 12.1 Å². The van der Waals surface area contributed by atoms with Crippen molar-refractivity contribution in [2.75, 3.05) is 39.3 Å². The van der Waals surface area contributed by atoms with Gasteiger partial charge in [-0.15, -0.1) is 0 Å². The van der Waals surface area contributed by atoms with Crippen LogP contribution in [0.5, 0.6) is 0 Å². The molecule has 2 heterocycles. The Morgan fingerprint density at radius 2 is 1.83 bits per heavy atom. The zero-order valence-electron chi connectivity index (χ0n) is 13.6. The Balaban J connectivity index is 1.52. The van der Waals surface area contributed by atoms with Crippen molar-refractivity contribution in [1.29, 1.82) is 0 Å². The van der Waals surface area contributed by atoms with Crippen LogP contribution in [0, 0.1) is 5.92 Å². The van der Waals surface area contributed by atoms with Gasteiger partial charge in [0, 0.05) is 43.7 Å². The second kappa shape index (κ2) is 8.13. The molecule has 0 atom stereocenters. The number of hydrogen-bond donors (Lipinski definition) is 1. The van der Waals surface area contributed by atoms with E-state index in [9.17, 15) is 4.79 Å². The molecule has 2 aliphatic heterocycles. The molecule has 0 aliphatic carbocycles. The molecule has 5 heteroatoms. The number of rotatable bonds is 3. The maximum absolute atomic E-state index is 12.7. The third-order valence-electron chi connectivity index (χ3n) is 4.91. The van der Waals surface area contributed by atoms with E-state index in [0.29, 0.717) is 5.91 Å². The lowest BCUT2D eigenvalue weighted by molar-refractivity contribution is -0.136. The number of nitrogens with one attached hydrogen (secondary N) is 1. The van der Waals surface area contributed by atoms with Gasteiger partial charge in [0.05, 0.1) is 0 Å². The fourth-order valence-corrected chi connectivity index (χ4v) is 3.65. The van der Waals surface area contributed by atoms with Gasteiger partial charge in [0.25, 0.3) is 0 Å². The summed E-state index contributed by atoms with van der Waals surface area (Å²) in [7, 11) is 0. The summed E-state index contributed by atoms with van der Waals surface area (Å²) in [5, 5.41) is 4.12. The summed E-state index contributed by atoms with van der Waals surface area (Å²) in [6.07, 6.45) is 3.04. The normalized spacial score (nSPS) is 21.2. The van der Waals surface area contributed by atoms with Crippen LogP contribution in [0.3, 0.4) is 0 Å². The Bertz CT molecular complexity index is 514. The van der Waals surface area contributed by atoms with Crippen LogP contribution in [0.2, 0.25) is 5.02 Å². The van der Waals surface area contributed by atoms with Crippen molar-refractivity contribution >= 4 is 17.5 Å². The van der Waals surface area contributed by atoms with E-state index in [-0.39, 0.29) is 5.92 Å². The summed E-state index contributed by atoms with van der Waals surface area (Å²) in [6, 6.07) is 8.07. The topological polar surface area (TPSA) is 35.6 Å². The number of hydrogen-bond acceptors (Lipinski definition) is 3. The number of carbonyl (C=O) groups is 1. The van der Waals surface area contributed by atoms with Crippen LogP contribution >= 0.6 is 11.6 Å². The average molecular weight is 336 g/mol. The van der Waals surface area contributed by atoms with Crippen LogP contribution in [-0.2, 0) is 11.3 Å². The van der Waals surface area contributed by atoms with Crippen molar-refractivity contribution in [2.24, 2.45) is 5.92 Å². The van der Waals surface area contributed by atoms with Gasteiger partial charge in [0.1, 0.15) is 0 Å². The number of halogens is 1. The summed E-state index contributed by atoms with van der Waals surface area (Å²) in [6.45, 7) is 6.67. The molecule has 23 heavy (non-hydrogen) atoms. The summed E-state index contributed by atoms with van der Waals surface area (Å²) in [5.74, 6) is 0.610. The van der Waals surface area contributed by atoms with Gasteiger partial charge in [-0.05, 0) is 50.0 Å². The van der Waals surface area contributed by atoms with Gasteiger partial charge in [-0.3, -0.25) is 9.69 Å². The first-order valence-electron chi connectivity index (χ1n) is 8.69. The van der Waals surface area contributed by atoms with E-state index >= 15 is 0 Å². The molecular formula is C18H26ClN3O. The minimum Gasteiger partial charge on any atom is -0.341 e. The van der Waals surface area contributed by atoms with Gasteiger partial charge < -0.3 is 10.2 Å². The van der Waals surface area contributed by atoms with Crippen molar-refractivity contribution in [3.63, 3.8) is 0 Å². The molecule has 0 aromatic heterocycles. The van der Waals surface area contributed by atoms with E-state index in [2.05, 4.69) is 27.2 Å². The van der Waals surface area contributed by atoms with Crippen LogP contribution in [0.25, 0.3) is 0 Å². The first kappa shape index (κ1) is 16.7. The molecule has 0 bridgehead atoms. The van der Waals surface area contributed by atoms with Crippen LogP contribution in [0.4, 0.5) is 0 Å². The zero-order valence-corrected chi connectivity index (χ0v) is 14.4. The predicted molar refractivity (Wildman–Crippen MR) is 93.5 cm³/mol. The average Bonchev–Trinajstić information content (AvgIpc) is 2.83. The van der Waals surface area contributed by atoms with Gasteiger partial charge in [-0.1, -0.05) is 23.7 Å². The van der Waals surface area contributed by atoms with E-state index in [0.717, 1.165) is 70.1 Å². The quantitative estimate of drug-likeness (QED) is 0.921. The maximum atomic E-state index is 12.7. The Labute approximate surface area is 143 Å². The van der Waals surface area contributed by atoms with Crippen molar-refractivity contribution in [1.82, 2.24) is 15.1 Å².